The summed E-state index contributed by atoms with van der Waals surface area (Å²) in [6.45, 7) is -1.49. The minimum absolute atomic E-state index is 0.0147. The summed E-state index contributed by atoms with van der Waals surface area (Å²) >= 11 is 0. The molecule has 55 heavy (non-hydrogen) atoms. The van der Waals surface area contributed by atoms with Gasteiger partial charge in [-0.05, 0) is 66.6 Å². The number of carbonyl (C=O) groups excluding carboxylic acids is 1. The number of anilines is 2. The van der Waals surface area contributed by atoms with Gasteiger partial charge < -0.3 is 54.5 Å². The van der Waals surface area contributed by atoms with E-state index in [1.807, 2.05) is 0 Å². The van der Waals surface area contributed by atoms with Crippen molar-refractivity contribution in [2.45, 2.75) is 13.5 Å². The molecule has 5 rings (SSSR count). The summed E-state index contributed by atoms with van der Waals surface area (Å²) in [6, 6.07) is 15.9. The first-order chi connectivity index (χ1) is 26.2. The fraction of sp³-hybridized carbons (Fsp3) is 0.216. The summed E-state index contributed by atoms with van der Waals surface area (Å²) in [5.41, 5.74) is 1.15. The van der Waals surface area contributed by atoms with Crippen LogP contribution >= 0.6 is 0 Å². The molecule has 1 heterocycles. The van der Waals surface area contributed by atoms with E-state index in [0.29, 0.717) is 11.1 Å². The highest BCUT2D eigenvalue weighted by atomic mass is 16.5. The average molecular weight is 759 g/mol. The van der Waals surface area contributed by atoms with Crippen LogP contribution in [-0.4, -0.2) is 99.7 Å². The zero-order valence-electron chi connectivity index (χ0n) is 29.1. The summed E-state index contributed by atoms with van der Waals surface area (Å²) in [4.78, 5) is 79.1. The van der Waals surface area contributed by atoms with Crippen LogP contribution in [0.4, 0.5) is 11.4 Å². The zero-order valence-corrected chi connectivity index (χ0v) is 29.1. The van der Waals surface area contributed by atoms with Gasteiger partial charge in [0.2, 0.25) is 0 Å². The van der Waals surface area contributed by atoms with Gasteiger partial charge in [-0.25, -0.2) is 4.98 Å². The van der Waals surface area contributed by atoms with Crippen molar-refractivity contribution in [1.82, 2.24) is 10.3 Å². The molecule has 1 aliphatic carbocycles. The van der Waals surface area contributed by atoms with Gasteiger partial charge in [-0.3, -0.25) is 28.8 Å². The largest absolute Gasteiger partial charge is 0.508 e. The number of aryl methyl sites for hydroxylation is 1. The highest BCUT2D eigenvalue weighted by Crippen LogP contribution is 2.32. The third-order valence-corrected chi connectivity index (χ3v) is 7.90. The van der Waals surface area contributed by atoms with Gasteiger partial charge in [0.05, 0.1) is 11.4 Å². The van der Waals surface area contributed by atoms with Gasteiger partial charge in [0.1, 0.15) is 73.4 Å². The van der Waals surface area contributed by atoms with Gasteiger partial charge in [0, 0.05) is 12.6 Å². The second-order valence-corrected chi connectivity index (χ2v) is 12.1. The zero-order chi connectivity index (χ0) is 39.8. The van der Waals surface area contributed by atoms with Crippen molar-refractivity contribution < 1.29 is 63.4 Å². The average Bonchev–Trinajstić information content (AvgIpc) is 3.10. The van der Waals surface area contributed by atoms with E-state index in [1.54, 1.807) is 19.1 Å². The molecule has 0 unspecified atom stereocenters. The van der Waals surface area contributed by atoms with Crippen molar-refractivity contribution in [3.8, 4) is 28.7 Å². The van der Waals surface area contributed by atoms with E-state index < -0.39 is 61.4 Å². The van der Waals surface area contributed by atoms with E-state index in [4.69, 9.17) is 13.9 Å². The molecule has 1 amide bonds. The molecule has 1 aliphatic heterocycles. The Kier molecular flexibility index (Phi) is 12.0. The van der Waals surface area contributed by atoms with Gasteiger partial charge in [-0.15, -0.1) is 0 Å². The van der Waals surface area contributed by atoms with Crippen LogP contribution in [0.2, 0.25) is 0 Å². The number of fused-ring (bicyclic) bond motifs is 2. The van der Waals surface area contributed by atoms with E-state index in [9.17, 15) is 54.3 Å². The highest BCUT2D eigenvalue weighted by Gasteiger charge is 2.24. The summed E-state index contributed by atoms with van der Waals surface area (Å²) in [6.07, 6.45) is 0. The number of phenols is 1. The Morgan fingerprint density at radius 2 is 1.29 bits per heavy atom. The molecule has 0 spiro atoms. The standard InChI is InChI=1S/C37H34N4O14/c1-20-2-7-25(40(16-31(44)45)17-32(46)47)29(12-20)53-10-11-54-30-13-21(3-8-26(30)41(18-33(48)49)19-34(50)51)15-38-37(52)35-27(43)9-6-24-36(35)55-28-14-22(42)4-5-23(28)39-24/h2-9,12-14,42H,10-11,15-19H2,1H3,(H,38,52)(H,44,45)(H,46,47)(H,48,49)(H,50,51). The minimum atomic E-state index is -1.32. The van der Waals surface area contributed by atoms with E-state index in [0.717, 1.165) is 15.4 Å². The lowest BCUT2D eigenvalue weighted by Crippen LogP contribution is -2.35. The Labute approximate surface area is 310 Å². The number of carboxylic acid groups (broad SMARTS) is 4. The summed E-state index contributed by atoms with van der Waals surface area (Å²) < 4.78 is 17.7. The van der Waals surface area contributed by atoms with Crippen LogP contribution in [0.15, 0.2) is 75.9 Å². The summed E-state index contributed by atoms with van der Waals surface area (Å²) in [5.74, 6) is -6.02. The minimum Gasteiger partial charge on any atom is -0.508 e. The molecule has 3 aromatic rings. The monoisotopic (exact) mass is 758 g/mol. The first-order valence-electron chi connectivity index (χ1n) is 16.4. The van der Waals surface area contributed by atoms with Crippen molar-refractivity contribution in [1.29, 1.82) is 0 Å². The van der Waals surface area contributed by atoms with Crippen LogP contribution in [0.5, 0.6) is 17.2 Å². The molecule has 286 valence electrons. The van der Waals surface area contributed by atoms with E-state index in [1.165, 1.54) is 54.6 Å². The Hall–Kier alpha value is -7.37. The van der Waals surface area contributed by atoms with Crippen LogP contribution in [0.1, 0.15) is 21.5 Å². The summed E-state index contributed by atoms with van der Waals surface area (Å²) in [7, 11) is 0. The molecule has 18 heteroatoms. The molecule has 0 aromatic heterocycles. The number of benzene rings is 4. The smallest absolute Gasteiger partial charge is 0.323 e. The van der Waals surface area contributed by atoms with Gasteiger partial charge in [-0.2, -0.15) is 0 Å². The van der Waals surface area contributed by atoms with Crippen molar-refractivity contribution in [2.75, 3.05) is 49.2 Å². The number of hydrogen-bond donors (Lipinski definition) is 6. The van der Waals surface area contributed by atoms with Crippen LogP contribution < -0.4 is 30.0 Å². The predicted octanol–water partition coefficient (Wildman–Crippen LogP) is 2.65. The number of phenolic OH excluding ortho intramolecular Hbond substituents is 1. The van der Waals surface area contributed by atoms with Crippen LogP contribution in [0.3, 0.4) is 0 Å². The van der Waals surface area contributed by atoms with Crippen molar-refractivity contribution in [3.63, 3.8) is 0 Å². The SMILES string of the molecule is Cc1ccc(N(CC(=O)O)CC(=O)O)c(OCCOc2cc(CNC(=O)c3c4oc5cc(O)ccc5nc-4ccc3=O)ccc2N(CC(=O)O)CC(=O)O)c1. The number of aromatic nitrogens is 1. The molecule has 18 nitrogen and oxygen atoms in total. The molecule has 0 fully saturated rings. The number of amides is 1. The molecular formula is C37H34N4O14. The number of aliphatic carboxylic acids is 4. The highest BCUT2D eigenvalue weighted by molar-refractivity contribution is 6.00. The summed E-state index contributed by atoms with van der Waals surface area (Å²) in [5, 5.41) is 50.2. The first kappa shape index (κ1) is 38.9. The number of ether oxygens (including phenoxy) is 2. The maximum atomic E-state index is 13.4. The van der Waals surface area contributed by atoms with Crippen LogP contribution in [0, 0.1) is 6.92 Å². The lowest BCUT2D eigenvalue weighted by Gasteiger charge is -2.25. The molecule has 0 atom stereocenters. The number of hydrogen-bond acceptors (Lipinski definition) is 13. The third kappa shape index (κ3) is 9.95. The molecule has 2 aliphatic rings. The molecule has 0 radical (unpaired) electrons. The third-order valence-electron chi connectivity index (χ3n) is 7.90. The molecule has 0 saturated heterocycles. The van der Waals surface area contributed by atoms with E-state index in [2.05, 4.69) is 10.3 Å². The van der Waals surface area contributed by atoms with Crippen molar-refractivity contribution >= 4 is 52.3 Å². The number of nitrogens with one attached hydrogen (secondary N) is 1. The van der Waals surface area contributed by atoms with Gasteiger partial charge in [0.25, 0.3) is 5.91 Å². The molecule has 0 saturated carbocycles. The fourth-order valence-corrected chi connectivity index (χ4v) is 5.60. The number of carbonyl (C=O) groups is 5. The maximum absolute atomic E-state index is 13.4. The number of rotatable bonds is 18. The molecule has 6 N–H and O–H groups in total. The van der Waals surface area contributed by atoms with Gasteiger partial charge in [0.15, 0.2) is 16.8 Å². The quantitative estimate of drug-likeness (QED) is 0.0554. The Balaban J connectivity index is 1.39. The second-order valence-electron chi connectivity index (χ2n) is 12.1. The fourth-order valence-electron chi connectivity index (χ4n) is 5.60. The van der Waals surface area contributed by atoms with Gasteiger partial charge in [-0.1, -0.05) is 12.1 Å². The van der Waals surface area contributed by atoms with Crippen LogP contribution in [-0.2, 0) is 25.7 Å². The number of aromatic hydroxyl groups is 1. The normalized spacial score (nSPS) is 10.9. The first-order valence-corrected chi connectivity index (χ1v) is 16.4. The lowest BCUT2D eigenvalue weighted by molar-refractivity contribution is -0.138. The maximum Gasteiger partial charge on any atom is 0.323 e. The predicted molar refractivity (Wildman–Crippen MR) is 193 cm³/mol. The Morgan fingerprint density at radius 3 is 1.87 bits per heavy atom. The van der Waals surface area contributed by atoms with E-state index >= 15 is 0 Å². The molecule has 0 bridgehead atoms. The molecule has 3 aromatic carbocycles. The number of carboxylic acids is 4. The Bertz CT molecular complexity index is 2270. The topological polar surface area (TPSA) is 267 Å². The molecular weight excluding hydrogens is 724 g/mol. The Morgan fingerprint density at radius 1 is 0.727 bits per heavy atom. The number of nitrogens with zero attached hydrogens (tertiary/aromatic N) is 3. The second kappa shape index (κ2) is 17.0. The van der Waals surface area contributed by atoms with Crippen LogP contribution in [0.25, 0.3) is 22.6 Å². The van der Waals surface area contributed by atoms with Crippen molar-refractivity contribution in [2.24, 2.45) is 0 Å². The van der Waals surface area contributed by atoms with Crippen molar-refractivity contribution in [3.05, 3.63) is 93.6 Å². The van der Waals surface area contributed by atoms with Gasteiger partial charge >= 0.3 is 23.9 Å². The lowest BCUT2D eigenvalue weighted by atomic mass is 10.1. The van der Waals surface area contributed by atoms with E-state index in [-0.39, 0.29) is 71.0 Å².